The molecule has 82 valence electrons. The van der Waals surface area contributed by atoms with Crippen LogP contribution in [0.15, 0.2) is 0 Å². The van der Waals surface area contributed by atoms with Gasteiger partial charge < -0.3 is 0 Å². The van der Waals surface area contributed by atoms with E-state index in [0.29, 0.717) is 13.1 Å². The summed E-state index contributed by atoms with van der Waals surface area (Å²) >= 11 is 0. The molecule has 0 aliphatic heterocycles. The quantitative estimate of drug-likeness (QED) is 0.673. The lowest BCUT2D eigenvalue weighted by molar-refractivity contribution is 0.373. The Balaban J connectivity index is 4.48. The SMILES string of the molecule is CCS(=O)(=O)N(CCC#N)CC(C)C. The van der Waals surface area contributed by atoms with E-state index in [1.165, 1.54) is 4.31 Å². The highest BCUT2D eigenvalue weighted by Crippen LogP contribution is 2.06. The van der Waals surface area contributed by atoms with Crippen LogP contribution < -0.4 is 0 Å². The molecule has 0 bridgehead atoms. The molecule has 5 heteroatoms. The lowest BCUT2D eigenvalue weighted by Crippen LogP contribution is -2.36. The van der Waals surface area contributed by atoms with Crippen molar-refractivity contribution in [2.24, 2.45) is 5.92 Å². The number of rotatable bonds is 6. The second kappa shape index (κ2) is 5.99. The molecule has 0 saturated carbocycles. The molecule has 0 radical (unpaired) electrons. The molecule has 0 aliphatic carbocycles. The molecule has 14 heavy (non-hydrogen) atoms. The zero-order valence-corrected chi connectivity index (χ0v) is 9.84. The van der Waals surface area contributed by atoms with E-state index in [0.717, 1.165) is 0 Å². The van der Waals surface area contributed by atoms with Crippen LogP contribution in [0.2, 0.25) is 0 Å². The first kappa shape index (κ1) is 13.4. The largest absolute Gasteiger partial charge is 0.213 e. The molecule has 0 saturated heterocycles. The standard InChI is InChI=1S/C9H18N2O2S/c1-4-14(12,13)11(7-5-6-10)8-9(2)3/h9H,4-5,7-8H2,1-3H3. The summed E-state index contributed by atoms with van der Waals surface area (Å²) in [6, 6.07) is 1.96. The first-order chi connectivity index (χ1) is 6.44. The minimum atomic E-state index is -3.15. The fourth-order valence-corrected chi connectivity index (χ4v) is 2.37. The Hall–Kier alpha value is -0.600. The Bertz CT molecular complexity index is 290. The van der Waals surface area contributed by atoms with Crippen LogP contribution in [0.1, 0.15) is 27.2 Å². The summed E-state index contributed by atoms with van der Waals surface area (Å²) in [5.41, 5.74) is 0. The Morgan fingerprint density at radius 2 is 2.00 bits per heavy atom. The van der Waals surface area contributed by atoms with Crippen LogP contribution in [0.25, 0.3) is 0 Å². The molecule has 0 heterocycles. The van der Waals surface area contributed by atoms with Gasteiger partial charge in [0.15, 0.2) is 0 Å². The van der Waals surface area contributed by atoms with Crippen LogP contribution in [0.5, 0.6) is 0 Å². The topological polar surface area (TPSA) is 61.2 Å². The lowest BCUT2D eigenvalue weighted by Gasteiger charge is -2.21. The van der Waals surface area contributed by atoms with Gasteiger partial charge in [-0.25, -0.2) is 12.7 Å². The fourth-order valence-electron chi connectivity index (χ4n) is 1.11. The van der Waals surface area contributed by atoms with Crippen molar-refractivity contribution in [1.82, 2.24) is 4.31 Å². The predicted octanol–water partition coefficient (Wildman–Crippen LogP) is 1.21. The molecule has 0 fully saturated rings. The van der Waals surface area contributed by atoms with Crippen LogP contribution in [-0.2, 0) is 10.0 Å². The smallest absolute Gasteiger partial charge is 0.212 e. The van der Waals surface area contributed by atoms with Gasteiger partial charge in [0.05, 0.1) is 11.8 Å². The molecule has 0 N–H and O–H groups in total. The predicted molar refractivity (Wildman–Crippen MR) is 56.1 cm³/mol. The van der Waals surface area contributed by atoms with Gasteiger partial charge in [-0.15, -0.1) is 0 Å². The van der Waals surface area contributed by atoms with E-state index in [1.807, 2.05) is 19.9 Å². The molecule has 0 amide bonds. The maximum atomic E-state index is 11.6. The number of nitriles is 1. The molecule has 0 atom stereocenters. The third-order valence-corrected chi connectivity index (χ3v) is 3.65. The van der Waals surface area contributed by atoms with Crippen LogP contribution >= 0.6 is 0 Å². The highest BCUT2D eigenvalue weighted by atomic mass is 32.2. The van der Waals surface area contributed by atoms with E-state index in [2.05, 4.69) is 0 Å². The van der Waals surface area contributed by atoms with E-state index < -0.39 is 10.0 Å². The summed E-state index contributed by atoms with van der Waals surface area (Å²) in [5.74, 6) is 0.389. The summed E-state index contributed by atoms with van der Waals surface area (Å²) in [4.78, 5) is 0. The van der Waals surface area contributed by atoms with Crippen molar-refractivity contribution in [2.45, 2.75) is 27.2 Å². The Morgan fingerprint density at radius 3 is 2.36 bits per heavy atom. The first-order valence-corrected chi connectivity index (χ1v) is 6.39. The molecular formula is C9H18N2O2S. The highest BCUT2D eigenvalue weighted by Gasteiger charge is 2.19. The van der Waals surface area contributed by atoms with Crippen LogP contribution in [0.4, 0.5) is 0 Å². The van der Waals surface area contributed by atoms with Gasteiger partial charge in [-0.3, -0.25) is 0 Å². The molecule has 0 aromatic carbocycles. The number of hydrogen-bond acceptors (Lipinski definition) is 3. The third kappa shape index (κ3) is 4.58. The highest BCUT2D eigenvalue weighted by molar-refractivity contribution is 7.89. The van der Waals surface area contributed by atoms with Crippen molar-refractivity contribution >= 4 is 10.0 Å². The third-order valence-electron chi connectivity index (χ3n) is 1.80. The number of sulfonamides is 1. The average Bonchev–Trinajstić information content (AvgIpc) is 2.11. The summed E-state index contributed by atoms with van der Waals surface area (Å²) < 4.78 is 24.5. The minimum Gasteiger partial charge on any atom is -0.212 e. The van der Waals surface area contributed by atoms with Crippen LogP contribution in [0, 0.1) is 17.2 Å². The Labute approximate surface area is 86.6 Å². The van der Waals surface area contributed by atoms with Crippen molar-refractivity contribution in [1.29, 1.82) is 5.26 Å². The molecule has 4 nitrogen and oxygen atoms in total. The summed E-state index contributed by atoms with van der Waals surface area (Å²) in [5, 5.41) is 8.42. The van der Waals surface area contributed by atoms with Gasteiger partial charge in [-0.1, -0.05) is 13.8 Å². The van der Waals surface area contributed by atoms with Gasteiger partial charge >= 0.3 is 0 Å². The maximum absolute atomic E-state index is 11.6. The normalized spacial score (nSPS) is 12.0. The summed E-state index contributed by atoms with van der Waals surface area (Å²) in [7, 11) is -3.15. The number of nitrogens with zero attached hydrogens (tertiary/aromatic N) is 2. The molecule has 0 unspecified atom stereocenters. The van der Waals surface area contributed by atoms with E-state index in [4.69, 9.17) is 5.26 Å². The molecular weight excluding hydrogens is 200 g/mol. The second-order valence-corrected chi connectivity index (χ2v) is 5.82. The molecule has 0 aliphatic rings. The van der Waals surface area contributed by atoms with Gasteiger partial charge in [-0.2, -0.15) is 5.26 Å². The monoisotopic (exact) mass is 218 g/mol. The van der Waals surface area contributed by atoms with Crippen molar-refractivity contribution in [2.75, 3.05) is 18.8 Å². The van der Waals surface area contributed by atoms with Crippen molar-refractivity contribution < 1.29 is 8.42 Å². The van der Waals surface area contributed by atoms with E-state index in [9.17, 15) is 8.42 Å². The lowest BCUT2D eigenvalue weighted by atomic mass is 10.2. The van der Waals surface area contributed by atoms with Gasteiger partial charge in [0.1, 0.15) is 0 Å². The van der Waals surface area contributed by atoms with Gasteiger partial charge in [0.25, 0.3) is 0 Å². The van der Waals surface area contributed by atoms with Gasteiger partial charge in [-0.05, 0) is 12.8 Å². The Kier molecular flexibility index (Phi) is 5.73. The summed E-state index contributed by atoms with van der Waals surface area (Å²) in [6.45, 7) is 6.35. The van der Waals surface area contributed by atoms with E-state index in [1.54, 1.807) is 6.92 Å². The molecule has 0 aromatic rings. The van der Waals surface area contributed by atoms with Crippen LogP contribution in [0.3, 0.4) is 0 Å². The van der Waals surface area contributed by atoms with E-state index >= 15 is 0 Å². The first-order valence-electron chi connectivity index (χ1n) is 4.78. The second-order valence-electron chi connectivity index (χ2n) is 3.56. The zero-order valence-electron chi connectivity index (χ0n) is 9.02. The minimum absolute atomic E-state index is 0.102. The molecule has 0 spiro atoms. The maximum Gasteiger partial charge on any atom is 0.213 e. The Morgan fingerprint density at radius 1 is 1.43 bits per heavy atom. The van der Waals surface area contributed by atoms with Gasteiger partial charge in [0, 0.05) is 19.5 Å². The summed E-state index contributed by atoms with van der Waals surface area (Å²) in [6.07, 6.45) is 0.256. The van der Waals surface area contributed by atoms with Gasteiger partial charge in [0.2, 0.25) is 10.0 Å². The number of hydrogen-bond donors (Lipinski definition) is 0. The average molecular weight is 218 g/mol. The van der Waals surface area contributed by atoms with E-state index in [-0.39, 0.29) is 18.1 Å². The molecule has 0 rings (SSSR count). The zero-order chi connectivity index (χ0) is 11.2. The molecule has 0 aromatic heterocycles. The van der Waals surface area contributed by atoms with Crippen LogP contribution in [-0.4, -0.2) is 31.6 Å². The van der Waals surface area contributed by atoms with Crippen molar-refractivity contribution in [3.63, 3.8) is 0 Å². The van der Waals surface area contributed by atoms with Crippen molar-refractivity contribution in [3.05, 3.63) is 0 Å². The van der Waals surface area contributed by atoms with Crippen molar-refractivity contribution in [3.8, 4) is 6.07 Å². The fraction of sp³-hybridized carbons (Fsp3) is 0.889.